The van der Waals surface area contributed by atoms with Crippen molar-refractivity contribution in [3.63, 3.8) is 0 Å². The molecule has 1 rings (SSSR count). The van der Waals surface area contributed by atoms with E-state index in [0.717, 1.165) is 0 Å². The molecule has 1 aromatic rings. The Morgan fingerprint density at radius 2 is 1.66 bits per heavy atom. The van der Waals surface area contributed by atoms with Gasteiger partial charge in [-0.25, -0.2) is 0 Å². The summed E-state index contributed by atoms with van der Waals surface area (Å²) in [5, 5.41) is 25.8. The van der Waals surface area contributed by atoms with E-state index in [1.54, 1.807) is 37.7 Å². The first kappa shape index (κ1) is 27.2. The van der Waals surface area contributed by atoms with Gasteiger partial charge < -0.3 is 31.9 Å². The molecule has 0 fully saturated rings. The summed E-state index contributed by atoms with van der Waals surface area (Å²) in [6.07, 6.45) is 2.44. The molecular weight excluding hydrogens is 436 g/mol. The number of hydrogen-bond donors (Lipinski definition) is 6. The highest BCUT2D eigenvalue weighted by Crippen LogP contribution is 2.12. The SMILES string of the molecule is CSCCC(N)C(=O)NC(Cc1ccc(O)cc1)C(=O)NC(C(=O)NCC(=O)O)C(C)C. The number of carbonyl (C=O) groups is 4. The highest BCUT2D eigenvalue weighted by atomic mass is 32.2. The number of nitrogens with one attached hydrogen (secondary N) is 3. The maximum Gasteiger partial charge on any atom is 0.322 e. The van der Waals surface area contributed by atoms with Gasteiger partial charge in [0.2, 0.25) is 17.7 Å². The van der Waals surface area contributed by atoms with Gasteiger partial charge in [-0.1, -0.05) is 26.0 Å². The van der Waals surface area contributed by atoms with Crippen LogP contribution in [0.25, 0.3) is 0 Å². The Bertz CT molecular complexity index is 787. The molecule has 0 aliphatic rings. The van der Waals surface area contributed by atoms with Gasteiger partial charge in [-0.15, -0.1) is 0 Å². The van der Waals surface area contributed by atoms with E-state index in [1.807, 2.05) is 6.26 Å². The van der Waals surface area contributed by atoms with Gasteiger partial charge in [-0.3, -0.25) is 19.2 Å². The number of carboxylic acid groups (broad SMARTS) is 1. The van der Waals surface area contributed by atoms with E-state index < -0.39 is 48.4 Å². The zero-order valence-electron chi connectivity index (χ0n) is 18.5. The molecule has 0 heterocycles. The molecule has 0 aliphatic carbocycles. The minimum Gasteiger partial charge on any atom is -0.508 e. The number of benzene rings is 1. The molecule has 0 radical (unpaired) electrons. The fourth-order valence-electron chi connectivity index (χ4n) is 2.79. The number of phenolic OH excluding ortho intramolecular Hbond substituents is 1. The standard InChI is InChI=1S/C21H32N4O6S/c1-12(2)18(21(31)23-11-17(27)28)25-20(30)16(10-13-4-6-14(26)7-5-13)24-19(29)15(22)8-9-32-3/h4-7,12,15-16,18,26H,8-11,22H2,1-3H3,(H,23,31)(H,24,29)(H,25,30)(H,27,28). The Balaban J connectivity index is 3.00. The van der Waals surface area contributed by atoms with Crippen molar-refractivity contribution in [3.8, 4) is 5.75 Å². The third-order valence-electron chi connectivity index (χ3n) is 4.64. The van der Waals surface area contributed by atoms with Gasteiger partial charge in [0, 0.05) is 6.42 Å². The molecule has 32 heavy (non-hydrogen) atoms. The minimum atomic E-state index is -1.20. The molecule has 0 aromatic heterocycles. The first-order valence-electron chi connectivity index (χ1n) is 10.2. The van der Waals surface area contributed by atoms with Crippen molar-refractivity contribution >= 4 is 35.5 Å². The molecule has 11 heteroatoms. The van der Waals surface area contributed by atoms with Crippen molar-refractivity contribution in [2.24, 2.45) is 11.7 Å². The Kier molecular flexibility index (Phi) is 11.6. The minimum absolute atomic E-state index is 0.0628. The van der Waals surface area contributed by atoms with Crippen LogP contribution in [0.1, 0.15) is 25.8 Å². The normalized spacial score (nSPS) is 13.7. The first-order valence-corrected chi connectivity index (χ1v) is 11.6. The summed E-state index contributed by atoms with van der Waals surface area (Å²) in [5.41, 5.74) is 6.60. The predicted molar refractivity (Wildman–Crippen MR) is 122 cm³/mol. The lowest BCUT2D eigenvalue weighted by atomic mass is 10.0. The van der Waals surface area contributed by atoms with Gasteiger partial charge in [-0.2, -0.15) is 11.8 Å². The van der Waals surface area contributed by atoms with Crippen LogP contribution in [-0.2, 0) is 25.6 Å². The second kappa shape index (κ2) is 13.6. The number of nitrogens with two attached hydrogens (primary N) is 1. The molecule has 0 saturated carbocycles. The number of hydrogen-bond acceptors (Lipinski definition) is 7. The molecule has 3 amide bonds. The Labute approximate surface area is 191 Å². The molecule has 0 spiro atoms. The summed E-state index contributed by atoms with van der Waals surface area (Å²) >= 11 is 1.55. The lowest BCUT2D eigenvalue weighted by molar-refractivity contribution is -0.139. The monoisotopic (exact) mass is 468 g/mol. The number of amides is 3. The average molecular weight is 469 g/mol. The smallest absolute Gasteiger partial charge is 0.322 e. The van der Waals surface area contributed by atoms with Crippen LogP contribution in [-0.4, -0.2) is 70.6 Å². The summed E-state index contributed by atoms with van der Waals surface area (Å²) < 4.78 is 0. The molecular formula is C21H32N4O6S. The summed E-state index contributed by atoms with van der Waals surface area (Å²) in [4.78, 5) is 48.7. The predicted octanol–water partition coefficient (Wildman–Crippen LogP) is -0.158. The van der Waals surface area contributed by atoms with Crippen LogP contribution in [0.5, 0.6) is 5.75 Å². The highest BCUT2D eigenvalue weighted by Gasteiger charge is 2.30. The van der Waals surface area contributed by atoms with Crippen molar-refractivity contribution in [3.05, 3.63) is 29.8 Å². The number of carboxylic acids is 1. The first-order chi connectivity index (χ1) is 15.0. The van der Waals surface area contributed by atoms with Crippen LogP contribution in [0.2, 0.25) is 0 Å². The van der Waals surface area contributed by atoms with E-state index in [0.29, 0.717) is 17.7 Å². The zero-order chi connectivity index (χ0) is 24.3. The van der Waals surface area contributed by atoms with Crippen LogP contribution in [0.4, 0.5) is 0 Å². The number of aromatic hydroxyl groups is 1. The number of aliphatic carboxylic acids is 1. The number of phenols is 1. The Morgan fingerprint density at radius 3 is 2.19 bits per heavy atom. The fraction of sp³-hybridized carbons (Fsp3) is 0.524. The molecule has 7 N–H and O–H groups in total. The largest absolute Gasteiger partial charge is 0.508 e. The van der Waals surface area contributed by atoms with Crippen LogP contribution >= 0.6 is 11.8 Å². The van der Waals surface area contributed by atoms with E-state index in [1.165, 1.54) is 12.1 Å². The third-order valence-corrected chi connectivity index (χ3v) is 5.28. The van der Waals surface area contributed by atoms with Crippen molar-refractivity contribution in [2.45, 2.75) is 44.8 Å². The summed E-state index contributed by atoms with van der Waals surface area (Å²) in [6.45, 7) is 2.84. The van der Waals surface area contributed by atoms with E-state index in [9.17, 15) is 24.3 Å². The van der Waals surface area contributed by atoms with E-state index in [4.69, 9.17) is 10.8 Å². The van der Waals surface area contributed by atoms with Crippen LogP contribution in [0.3, 0.4) is 0 Å². The number of rotatable bonds is 13. The van der Waals surface area contributed by atoms with Crippen LogP contribution in [0, 0.1) is 5.92 Å². The number of thioether (sulfide) groups is 1. The zero-order valence-corrected chi connectivity index (χ0v) is 19.3. The van der Waals surface area contributed by atoms with E-state index >= 15 is 0 Å². The third kappa shape index (κ3) is 9.56. The van der Waals surface area contributed by atoms with Crippen molar-refractivity contribution in [1.29, 1.82) is 0 Å². The molecule has 3 unspecified atom stereocenters. The second-order valence-corrected chi connectivity index (χ2v) is 8.65. The summed E-state index contributed by atoms with van der Waals surface area (Å²) in [6, 6.07) is 3.35. The summed E-state index contributed by atoms with van der Waals surface area (Å²) in [7, 11) is 0. The van der Waals surface area contributed by atoms with E-state index in [2.05, 4.69) is 16.0 Å². The number of carbonyl (C=O) groups excluding carboxylic acids is 3. The lowest BCUT2D eigenvalue weighted by Gasteiger charge is -2.26. The van der Waals surface area contributed by atoms with Gasteiger partial charge in [0.1, 0.15) is 24.4 Å². The van der Waals surface area contributed by atoms with Gasteiger partial charge >= 0.3 is 5.97 Å². The van der Waals surface area contributed by atoms with Gasteiger partial charge in [0.15, 0.2) is 0 Å². The topological polar surface area (TPSA) is 171 Å². The van der Waals surface area contributed by atoms with Crippen molar-refractivity contribution in [2.75, 3.05) is 18.6 Å². The molecule has 0 saturated heterocycles. The second-order valence-electron chi connectivity index (χ2n) is 7.66. The molecule has 10 nitrogen and oxygen atoms in total. The fourth-order valence-corrected chi connectivity index (χ4v) is 3.28. The van der Waals surface area contributed by atoms with Gasteiger partial charge in [0.25, 0.3) is 0 Å². The quantitative estimate of drug-likeness (QED) is 0.232. The molecule has 0 aliphatic heterocycles. The maximum atomic E-state index is 13.0. The van der Waals surface area contributed by atoms with Crippen LogP contribution < -0.4 is 21.7 Å². The molecule has 3 atom stereocenters. The van der Waals surface area contributed by atoms with Gasteiger partial charge in [0.05, 0.1) is 6.04 Å². The summed E-state index contributed by atoms with van der Waals surface area (Å²) in [5.74, 6) is -2.52. The average Bonchev–Trinajstić information content (AvgIpc) is 2.74. The lowest BCUT2D eigenvalue weighted by Crippen LogP contribution is -2.57. The van der Waals surface area contributed by atoms with E-state index in [-0.39, 0.29) is 18.1 Å². The van der Waals surface area contributed by atoms with Crippen molar-refractivity contribution < 1.29 is 29.4 Å². The highest BCUT2D eigenvalue weighted by molar-refractivity contribution is 7.98. The maximum absolute atomic E-state index is 13.0. The Morgan fingerprint density at radius 1 is 1.03 bits per heavy atom. The van der Waals surface area contributed by atoms with Crippen molar-refractivity contribution in [1.82, 2.24) is 16.0 Å². The Hall–Kier alpha value is -2.79. The van der Waals surface area contributed by atoms with Gasteiger partial charge in [-0.05, 0) is 42.0 Å². The molecule has 0 bridgehead atoms. The molecule has 178 valence electrons. The van der Waals surface area contributed by atoms with Crippen LogP contribution in [0.15, 0.2) is 24.3 Å². The molecule has 1 aromatic carbocycles.